The van der Waals surface area contributed by atoms with Crippen LogP contribution in [0.25, 0.3) is 0 Å². The van der Waals surface area contributed by atoms with Gasteiger partial charge in [-0.1, -0.05) is 0 Å². The standard InChI is InChI=1S/C15H25N7/c1-11-8-19-22(10-11)7-6-17-15(16-4)18-9-14-12(2)20-21(5)13(14)3/h8,10H,6-7,9H2,1-5H3,(H2,16,17,18). The summed E-state index contributed by atoms with van der Waals surface area (Å²) >= 11 is 0. The van der Waals surface area contributed by atoms with Crippen molar-refractivity contribution in [1.29, 1.82) is 0 Å². The van der Waals surface area contributed by atoms with Crippen molar-refractivity contribution in [3.8, 4) is 0 Å². The van der Waals surface area contributed by atoms with E-state index >= 15 is 0 Å². The summed E-state index contributed by atoms with van der Waals surface area (Å²) in [6.07, 6.45) is 3.89. The monoisotopic (exact) mass is 303 g/mol. The van der Waals surface area contributed by atoms with E-state index in [1.807, 2.05) is 42.7 Å². The predicted molar refractivity (Wildman–Crippen MR) is 87.8 cm³/mol. The number of aryl methyl sites for hydroxylation is 3. The van der Waals surface area contributed by atoms with Gasteiger partial charge in [0.2, 0.25) is 0 Å². The molecular weight excluding hydrogens is 278 g/mol. The maximum atomic E-state index is 4.42. The van der Waals surface area contributed by atoms with Gasteiger partial charge in [-0.3, -0.25) is 14.4 Å². The van der Waals surface area contributed by atoms with Crippen LogP contribution in [0, 0.1) is 20.8 Å². The van der Waals surface area contributed by atoms with Crippen LogP contribution in [0.2, 0.25) is 0 Å². The van der Waals surface area contributed by atoms with Crippen molar-refractivity contribution >= 4 is 5.96 Å². The van der Waals surface area contributed by atoms with Gasteiger partial charge in [-0.2, -0.15) is 10.2 Å². The summed E-state index contributed by atoms with van der Waals surface area (Å²) in [6, 6.07) is 0. The third-order valence-electron chi connectivity index (χ3n) is 3.71. The average molecular weight is 303 g/mol. The van der Waals surface area contributed by atoms with E-state index in [-0.39, 0.29) is 0 Å². The highest BCUT2D eigenvalue weighted by Gasteiger charge is 2.09. The quantitative estimate of drug-likeness (QED) is 0.636. The Morgan fingerprint density at radius 2 is 2.05 bits per heavy atom. The van der Waals surface area contributed by atoms with E-state index < -0.39 is 0 Å². The third-order valence-corrected chi connectivity index (χ3v) is 3.71. The lowest BCUT2D eigenvalue weighted by Gasteiger charge is -2.12. The molecule has 0 fully saturated rings. The number of aliphatic imine (C=N–C) groups is 1. The van der Waals surface area contributed by atoms with Gasteiger partial charge < -0.3 is 10.6 Å². The van der Waals surface area contributed by atoms with Crippen LogP contribution in [0.5, 0.6) is 0 Å². The summed E-state index contributed by atoms with van der Waals surface area (Å²) < 4.78 is 3.83. The maximum Gasteiger partial charge on any atom is 0.191 e. The molecule has 0 atom stereocenters. The Morgan fingerprint density at radius 3 is 2.59 bits per heavy atom. The number of nitrogens with zero attached hydrogens (tertiary/aromatic N) is 5. The molecule has 7 heteroatoms. The molecule has 0 amide bonds. The number of hydrogen-bond donors (Lipinski definition) is 2. The minimum atomic E-state index is 0.714. The molecule has 7 nitrogen and oxygen atoms in total. The normalized spacial score (nSPS) is 11.8. The SMILES string of the molecule is CN=C(NCCn1cc(C)cn1)NCc1c(C)nn(C)c1C. The summed E-state index contributed by atoms with van der Waals surface area (Å²) in [5.74, 6) is 0.784. The van der Waals surface area contributed by atoms with E-state index in [9.17, 15) is 0 Å². The zero-order valence-electron chi connectivity index (χ0n) is 14.0. The molecule has 0 aliphatic rings. The minimum Gasteiger partial charge on any atom is -0.355 e. The third kappa shape index (κ3) is 3.87. The van der Waals surface area contributed by atoms with E-state index in [2.05, 4.69) is 32.7 Å². The van der Waals surface area contributed by atoms with Crippen LogP contribution in [-0.2, 0) is 20.1 Å². The molecule has 2 rings (SSSR count). The lowest BCUT2D eigenvalue weighted by atomic mass is 10.2. The highest BCUT2D eigenvalue weighted by atomic mass is 15.3. The molecule has 22 heavy (non-hydrogen) atoms. The largest absolute Gasteiger partial charge is 0.355 e. The van der Waals surface area contributed by atoms with Gasteiger partial charge >= 0.3 is 0 Å². The van der Waals surface area contributed by atoms with Crippen LogP contribution < -0.4 is 10.6 Å². The van der Waals surface area contributed by atoms with Crippen molar-refractivity contribution in [2.75, 3.05) is 13.6 Å². The predicted octanol–water partition coefficient (Wildman–Crippen LogP) is 0.907. The summed E-state index contributed by atoms with van der Waals surface area (Å²) in [7, 11) is 3.74. The first-order valence-corrected chi connectivity index (χ1v) is 7.44. The van der Waals surface area contributed by atoms with Gasteiger partial charge in [0, 0.05) is 44.6 Å². The molecular formula is C15H25N7. The fourth-order valence-corrected chi connectivity index (χ4v) is 2.34. The zero-order chi connectivity index (χ0) is 16.1. The van der Waals surface area contributed by atoms with Gasteiger partial charge in [0.25, 0.3) is 0 Å². The van der Waals surface area contributed by atoms with Crippen LogP contribution in [0.15, 0.2) is 17.4 Å². The minimum absolute atomic E-state index is 0.714. The van der Waals surface area contributed by atoms with Crippen LogP contribution in [0.3, 0.4) is 0 Å². The second-order valence-electron chi connectivity index (χ2n) is 5.41. The Balaban J connectivity index is 1.82. The summed E-state index contributed by atoms with van der Waals surface area (Å²) in [5, 5.41) is 15.3. The molecule has 2 heterocycles. The first kappa shape index (κ1) is 16.1. The van der Waals surface area contributed by atoms with Crippen molar-refractivity contribution < 1.29 is 0 Å². The lowest BCUT2D eigenvalue weighted by molar-refractivity contribution is 0.597. The summed E-state index contributed by atoms with van der Waals surface area (Å²) in [6.45, 7) is 8.43. The topological polar surface area (TPSA) is 72.1 Å². The highest BCUT2D eigenvalue weighted by molar-refractivity contribution is 5.79. The van der Waals surface area contributed by atoms with E-state index in [1.54, 1.807) is 7.05 Å². The molecule has 0 bridgehead atoms. The van der Waals surface area contributed by atoms with Crippen LogP contribution >= 0.6 is 0 Å². The van der Waals surface area contributed by atoms with Gasteiger partial charge in [0.1, 0.15) is 0 Å². The molecule has 120 valence electrons. The maximum absolute atomic E-state index is 4.42. The molecule has 2 aromatic rings. The van der Waals surface area contributed by atoms with E-state index in [1.165, 1.54) is 16.8 Å². The Hall–Kier alpha value is -2.31. The summed E-state index contributed by atoms with van der Waals surface area (Å²) in [4.78, 5) is 4.24. The van der Waals surface area contributed by atoms with Gasteiger partial charge in [-0.25, -0.2) is 0 Å². The first-order valence-electron chi connectivity index (χ1n) is 7.44. The number of nitrogens with one attached hydrogen (secondary N) is 2. The van der Waals surface area contributed by atoms with Crippen molar-refractivity contribution in [3.63, 3.8) is 0 Å². The highest BCUT2D eigenvalue weighted by Crippen LogP contribution is 2.10. The molecule has 0 aliphatic carbocycles. The smallest absolute Gasteiger partial charge is 0.191 e. The zero-order valence-corrected chi connectivity index (χ0v) is 14.0. The molecule has 0 aromatic carbocycles. The van der Waals surface area contributed by atoms with Crippen molar-refractivity contribution in [1.82, 2.24) is 30.2 Å². The second-order valence-corrected chi connectivity index (χ2v) is 5.41. The van der Waals surface area contributed by atoms with Gasteiger partial charge in [-0.15, -0.1) is 0 Å². The molecule has 0 spiro atoms. The van der Waals surface area contributed by atoms with Crippen LogP contribution in [-0.4, -0.2) is 39.1 Å². The molecule has 0 saturated carbocycles. The van der Waals surface area contributed by atoms with Crippen molar-refractivity contribution in [3.05, 3.63) is 34.9 Å². The average Bonchev–Trinajstić information content (AvgIpc) is 2.99. The van der Waals surface area contributed by atoms with Crippen molar-refractivity contribution in [2.45, 2.75) is 33.9 Å². The molecule has 0 aliphatic heterocycles. The van der Waals surface area contributed by atoms with Crippen molar-refractivity contribution in [2.24, 2.45) is 12.0 Å². The van der Waals surface area contributed by atoms with E-state index in [0.717, 1.165) is 24.7 Å². The number of guanidine groups is 1. The first-order chi connectivity index (χ1) is 10.5. The molecule has 2 aromatic heterocycles. The van der Waals surface area contributed by atoms with Crippen LogP contribution in [0.4, 0.5) is 0 Å². The van der Waals surface area contributed by atoms with Gasteiger partial charge in [0.15, 0.2) is 5.96 Å². The Kier molecular flexibility index (Phi) is 5.19. The van der Waals surface area contributed by atoms with Gasteiger partial charge in [0.05, 0.1) is 18.4 Å². The van der Waals surface area contributed by atoms with Gasteiger partial charge in [-0.05, 0) is 26.3 Å². The number of rotatable bonds is 5. The molecule has 2 N–H and O–H groups in total. The van der Waals surface area contributed by atoms with Crippen LogP contribution in [0.1, 0.15) is 22.5 Å². The number of hydrogen-bond acceptors (Lipinski definition) is 3. The lowest BCUT2D eigenvalue weighted by Crippen LogP contribution is -2.38. The Morgan fingerprint density at radius 1 is 1.27 bits per heavy atom. The second kappa shape index (κ2) is 7.11. The van der Waals surface area contributed by atoms with E-state index in [0.29, 0.717) is 6.54 Å². The molecule has 0 saturated heterocycles. The Labute approximate surface area is 131 Å². The fourth-order valence-electron chi connectivity index (χ4n) is 2.34. The van der Waals surface area contributed by atoms with E-state index in [4.69, 9.17) is 0 Å². The Bertz CT molecular complexity index is 651. The number of aromatic nitrogens is 4. The molecule has 0 unspecified atom stereocenters. The summed E-state index contributed by atoms with van der Waals surface area (Å²) in [5.41, 5.74) is 4.61. The molecule has 0 radical (unpaired) electrons. The fraction of sp³-hybridized carbons (Fsp3) is 0.533.